The number of benzene rings is 2. The van der Waals surface area contributed by atoms with E-state index in [2.05, 4.69) is 20.8 Å². The molecule has 32 heavy (non-hydrogen) atoms. The molecular weight excluding hydrogens is 402 g/mol. The Morgan fingerprint density at radius 3 is 2.41 bits per heavy atom. The molecule has 0 saturated carbocycles. The number of carbonyl (C=O) groups excluding carboxylic acids is 2. The van der Waals surface area contributed by atoms with Crippen LogP contribution in [0.1, 0.15) is 75.6 Å². The topological polar surface area (TPSA) is 66.8 Å². The summed E-state index contributed by atoms with van der Waals surface area (Å²) in [6.07, 6.45) is 2.80. The van der Waals surface area contributed by atoms with Gasteiger partial charge in [0, 0.05) is 12.1 Å². The molecule has 0 spiro atoms. The van der Waals surface area contributed by atoms with E-state index in [0.717, 1.165) is 24.8 Å². The van der Waals surface area contributed by atoms with Crippen molar-refractivity contribution in [3.63, 3.8) is 0 Å². The van der Waals surface area contributed by atoms with Gasteiger partial charge in [-0.25, -0.2) is 0 Å². The lowest BCUT2D eigenvalue weighted by Crippen LogP contribution is -2.30. The van der Waals surface area contributed by atoms with Gasteiger partial charge in [-0.15, -0.1) is 0 Å². The van der Waals surface area contributed by atoms with Crippen LogP contribution in [0.25, 0.3) is 5.76 Å². The van der Waals surface area contributed by atoms with E-state index in [9.17, 15) is 14.7 Å². The van der Waals surface area contributed by atoms with Gasteiger partial charge in [0.1, 0.15) is 11.5 Å². The Hall–Kier alpha value is -3.08. The van der Waals surface area contributed by atoms with Crippen molar-refractivity contribution in [3.05, 3.63) is 70.8 Å². The minimum absolute atomic E-state index is 0.137. The zero-order valence-electron chi connectivity index (χ0n) is 19.4. The van der Waals surface area contributed by atoms with Crippen molar-refractivity contribution in [1.29, 1.82) is 0 Å². The third-order valence-electron chi connectivity index (χ3n) is 5.88. The number of Topliss-reactive ketones (excluding diaryl/α,β-unsaturated/α-hetero) is 1. The van der Waals surface area contributed by atoms with E-state index >= 15 is 0 Å². The van der Waals surface area contributed by atoms with Crippen molar-refractivity contribution in [2.24, 2.45) is 0 Å². The molecule has 0 aromatic heterocycles. The Labute approximate surface area is 190 Å². The van der Waals surface area contributed by atoms with Gasteiger partial charge in [-0.3, -0.25) is 9.59 Å². The number of nitrogens with zero attached hydrogens (tertiary/aromatic N) is 1. The molecule has 0 radical (unpaired) electrons. The van der Waals surface area contributed by atoms with E-state index in [1.54, 1.807) is 29.2 Å². The Bertz CT molecular complexity index is 991. The molecule has 1 atom stereocenters. The molecule has 170 valence electrons. The average Bonchev–Trinajstić information content (AvgIpc) is 3.04. The smallest absolute Gasteiger partial charge is 0.295 e. The highest BCUT2D eigenvalue weighted by Gasteiger charge is 2.45. The van der Waals surface area contributed by atoms with Crippen molar-refractivity contribution in [3.8, 4) is 5.75 Å². The SMILES string of the molecule is CCCCCN1C(=O)C(=O)/C(=C(\O)c2cccc(OCC)c2)C1c1ccc(C(C)C)cc1. The molecule has 1 aliphatic heterocycles. The number of aliphatic hydroxyl groups is 1. The van der Waals surface area contributed by atoms with E-state index < -0.39 is 17.7 Å². The number of unbranched alkanes of at least 4 members (excludes halogenated alkanes) is 2. The van der Waals surface area contributed by atoms with Crippen molar-refractivity contribution in [2.45, 2.75) is 58.9 Å². The Morgan fingerprint density at radius 2 is 1.78 bits per heavy atom. The van der Waals surface area contributed by atoms with Gasteiger partial charge in [-0.1, -0.05) is 70.0 Å². The molecule has 1 amide bonds. The quantitative estimate of drug-likeness (QED) is 0.233. The van der Waals surface area contributed by atoms with Crippen molar-refractivity contribution in [2.75, 3.05) is 13.2 Å². The predicted molar refractivity (Wildman–Crippen MR) is 127 cm³/mol. The lowest BCUT2D eigenvalue weighted by Gasteiger charge is -2.25. The summed E-state index contributed by atoms with van der Waals surface area (Å²) in [4.78, 5) is 27.7. The van der Waals surface area contributed by atoms with Crippen molar-refractivity contribution < 1.29 is 19.4 Å². The molecule has 2 aromatic carbocycles. The number of hydrogen-bond acceptors (Lipinski definition) is 4. The Morgan fingerprint density at radius 1 is 1.06 bits per heavy atom. The van der Waals surface area contributed by atoms with Crippen LogP contribution in [0.4, 0.5) is 0 Å². The maximum absolute atomic E-state index is 13.1. The highest BCUT2D eigenvalue weighted by Crippen LogP contribution is 2.40. The maximum Gasteiger partial charge on any atom is 0.295 e. The minimum atomic E-state index is -0.640. The average molecular weight is 436 g/mol. The molecule has 1 fully saturated rings. The molecule has 1 heterocycles. The molecular formula is C27H33NO4. The van der Waals surface area contributed by atoms with Crippen LogP contribution in [0, 0.1) is 0 Å². The van der Waals surface area contributed by atoms with E-state index in [1.807, 2.05) is 31.2 Å². The van der Waals surface area contributed by atoms with Crippen LogP contribution in [0.2, 0.25) is 0 Å². The summed E-state index contributed by atoms with van der Waals surface area (Å²) in [5.74, 6) is -0.381. The van der Waals surface area contributed by atoms with Crippen LogP contribution in [0.15, 0.2) is 54.1 Å². The summed E-state index contributed by atoms with van der Waals surface area (Å²) < 4.78 is 5.54. The monoisotopic (exact) mass is 435 g/mol. The third kappa shape index (κ3) is 4.87. The summed E-state index contributed by atoms with van der Waals surface area (Å²) in [5.41, 5.74) is 2.61. The molecule has 0 bridgehead atoms. The molecule has 3 rings (SSSR count). The van der Waals surface area contributed by atoms with Crippen molar-refractivity contribution in [1.82, 2.24) is 4.90 Å². The second kappa shape index (κ2) is 10.5. The standard InChI is InChI=1S/C27H33NO4/c1-5-7-8-16-28-24(20-14-12-19(13-15-20)18(3)4)23(26(30)27(28)31)25(29)21-10-9-11-22(17-21)32-6-2/h9-15,17-18,24,29H,5-8,16H2,1-4H3/b25-23-. The normalized spacial score (nSPS) is 17.9. The number of hydrogen-bond donors (Lipinski definition) is 1. The van der Waals surface area contributed by atoms with E-state index in [1.165, 1.54) is 5.56 Å². The highest BCUT2D eigenvalue weighted by molar-refractivity contribution is 6.46. The van der Waals surface area contributed by atoms with E-state index in [4.69, 9.17) is 4.74 Å². The van der Waals surface area contributed by atoms with Gasteiger partial charge in [0.05, 0.1) is 18.2 Å². The number of amides is 1. The largest absolute Gasteiger partial charge is 0.507 e. The molecule has 1 saturated heterocycles. The molecule has 1 unspecified atom stereocenters. The van der Waals surface area contributed by atoms with Gasteiger partial charge >= 0.3 is 0 Å². The number of likely N-dealkylation sites (tertiary alicyclic amines) is 1. The lowest BCUT2D eigenvalue weighted by molar-refractivity contribution is -0.139. The van der Waals surface area contributed by atoms with Crippen LogP contribution >= 0.6 is 0 Å². The fourth-order valence-electron chi connectivity index (χ4n) is 4.11. The van der Waals surface area contributed by atoms with Crippen LogP contribution in [0.3, 0.4) is 0 Å². The first kappa shape index (κ1) is 23.6. The Balaban J connectivity index is 2.10. The number of rotatable bonds is 9. The summed E-state index contributed by atoms with van der Waals surface area (Å²) >= 11 is 0. The predicted octanol–water partition coefficient (Wildman–Crippen LogP) is 5.82. The third-order valence-corrected chi connectivity index (χ3v) is 5.88. The maximum atomic E-state index is 13.1. The zero-order chi connectivity index (χ0) is 23.3. The van der Waals surface area contributed by atoms with Crippen LogP contribution in [-0.4, -0.2) is 34.8 Å². The molecule has 2 aromatic rings. The summed E-state index contributed by atoms with van der Waals surface area (Å²) in [5, 5.41) is 11.2. The number of aliphatic hydroxyl groups excluding tert-OH is 1. The van der Waals surface area contributed by atoms with E-state index in [-0.39, 0.29) is 11.3 Å². The molecule has 1 N–H and O–H groups in total. The first-order valence-electron chi connectivity index (χ1n) is 11.5. The van der Waals surface area contributed by atoms with Crippen molar-refractivity contribution >= 4 is 17.4 Å². The fraction of sp³-hybridized carbons (Fsp3) is 0.407. The van der Waals surface area contributed by atoms with Crippen LogP contribution in [-0.2, 0) is 9.59 Å². The van der Waals surface area contributed by atoms with Crippen LogP contribution in [0.5, 0.6) is 5.75 Å². The van der Waals surface area contributed by atoms with Gasteiger partial charge < -0.3 is 14.7 Å². The minimum Gasteiger partial charge on any atom is -0.507 e. The summed E-state index contributed by atoms with van der Waals surface area (Å²) in [6.45, 7) is 9.20. The lowest BCUT2D eigenvalue weighted by atomic mass is 9.93. The molecule has 5 heteroatoms. The number of ether oxygens (including phenoxy) is 1. The highest BCUT2D eigenvalue weighted by atomic mass is 16.5. The van der Waals surface area contributed by atoms with Gasteiger partial charge in [0.15, 0.2) is 0 Å². The molecule has 1 aliphatic rings. The second-order valence-electron chi connectivity index (χ2n) is 8.48. The number of ketones is 1. The summed E-state index contributed by atoms with van der Waals surface area (Å²) in [6, 6.07) is 14.4. The zero-order valence-corrected chi connectivity index (χ0v) is 19.4. The van der Waals surface area contributed by atoms with Gasteiger partial charge in [0.2, 0.25) is 0 Å². The fourth-order valence-corrected chi connectivity index (χ4v) is 4.11. The first-order valence-corrected chi connectivity index (χ1v) is 11.5. The molecule has 5 nitrogen and oxygen atoms in total. The first-order chi connectivity index (χ1) is 15.4. The Kier molecular flexibility index (Phi) is 7.73. The van der Waals surface area contributed by atoms with Crippen LogP contribution < -0.4 is 4.74 Å². The summed E-state index contributed by atoms with van der Waals surface area (Å²) in [7, 11) is 0. The molecule has 0 aliphatic carbocycles. The van der Waals surface area contributed by atoms with E-state index in [0.29, 0.717) is 30.4 Å². The number of carbonyl (C=O) groups is 2. The van der Waals surface area contributed by atoms with Gasteiger partial charge in [-0.2, -0.15) is 0 Å². The van der Waals surface area contributed by atoms with Gasteiger partial charge in [0.25, 0.3) is 11.7 Å². The van der Waals surface area contributed by atoms with Gasteiger partial charge in [-0.05, 0) is 42.5 Å². The second-order valence-corrected chi connectivity index (χ2v) is 8.48.